The van der Waals surface area contributed by atoms with Gasteiger partial charge < -0.3 is 33.3 Å². The number of pyridine rings is 2. The van der Waals surface area contributed by atoms with Crippen LogP contribution in [0.5, 0.6) is 11.6 Å². The van der Waals surface area contributed by atoms with Gasteiger partial charge in [0, 0.05) is 55.2 Å². The zero-order valence-electron chi connectivity index (χ0n) is 28.7. The second-order valence-electron chi connectivity index (χ2n) is 12.3. The number of ether oxygens (including phenoxy) is 6. The summed E-state index contributed by atoms with van der Waals surface area (Å²) in [6, 6.07) is 7.84. The van der Waals surface area contributed by atoms with Crippen molar-refractivity contribution >= 4 is 39.7 Å². The van der Waals surface area contributed by atoms with E-state index in [2.05, 4.69) is 19.4 Å². The molecule has 0 atom stereocenters. The molecule has 52 heavy (non-hydrogen) atoms. The molecule has 0 bridgehead atoms. The van der Waals surface area contributed by atoms with Crippen LogP contribution < -0.4 is 9.47 Å². The van der Waals surface area contributed by atoms with Gasteiger partial charge in [0.05, 0.1) is 17.7 Å². The van der Waals surface area contributed by atoms with E-state index in [9.17, 15) is 36.3 Å². The Bertz CT molecular complexity index is 1880. The van der Waals surface area contributed by atoms with Gasteiger partial charge in [0.2, 0.25) is 18.4 Å². The van der Waals surface area contributed by atoms with E-state index in [0.717, 1.165) is 5.39 Å². The molecule has 0 unspecified atom stereocenters. The first kappa shape index (κ1) is 39.5. The Morgan fingerprint density at radius 2 is 1.60 bits per heavy atom. The van der Waals surface area contributed by atoms with Crippen molar-refractivity contribution in [3.63, 3.8) is 0 Å². The summed E-state index contributed by atoms with van der Waals surface area (Å²) >= 11 is 0. The van der Waals surface area contributed by atoms with Crippen molar-refractivity contribution in [2.45, 2.75) is 59.0 Å². The smallest absolute Gasteiger partial charge is 0.475 e. The van der Waals surface area contributed by atoms with Crippen LogP contribution >= 0.6 is 0 Å². The van der Waals surface area contributed by atoms with Gasteiger partial charge >= 0.3 is 24.4 Å². The Kier molecular flexibility index (Phi) is 13.1. The molecule has 4 rings (SSSR count). The lowest BCUT2D eigenvalue weighted by Gasteiger charge is -2.27. The van der Waals surface area contributed by atoms with E-state index >= 15 is 0 Å². The maximum atomic E-state index is 14.3. The van der Waals surface area contributed by atoms with Gasteiger partial charge in [0.1, 0.15) is 12.2 Å². The number of alkyl halides is 3. The molecule has 0 saturated heterocycles. The number of hydrogen-bond acceptors (Lipinski definition) is 11. The normalized spacial score (nSPS) is 11.7. The summed E-state index contributed by atoms with van der Waals surface area (Å²) in [4.78, 5) is 46.2. The summed E-state index contributed by atoms with van der Waals surface area (Å²) in [6.07, 6.45) is -2.00. The van der Waals surface area contributed by atoms with Gasteiger partial charge in [0.15, 0.2) is 11.6 Å². The van der Waals surface area contributed by atoms with E-state index in [-0.39, 0.29) is 49.9 Å². The lowest BCUT2D eigenvalue weighted by Crippen LogP contribution is -2.37. The molecular weight excluding hydrogens is 701 g/mol. The average molecular weight is 738 g/mol. The minimum atomic E-state index is -5.29. The average Bonchev–Trinajstić information content (AvgIpc) is 3.05. The van der Waals surface area contributed by atoms with Gasteiger partial charge in [-0.15, -0.1) is 13.2 Å². The summed E-state index contributed by atoms with van der Waals surface area (Å²) < 4.78 is 96.3. The van der Waals surface area contributed by atoms with Crippen LogP contribution in [0.3, 0.4) is 0 Å². The summed E-state index contributed by atoms with van der Waals surface area (Å²) in [5.41, 5.74) is -0.377. The van der Waals surface area contributed by atoms with Crippen LogP contribution in [-0.4, -0.2) is 78.0 Å². The molecule has 0 aliphatic rings. The molecule has 0 saturated carbocycles. The highest BCUT2D eigenvalue weighted by molar-refractivity contribution is 6.08. The molecule has 2 heterocycles. The van der Waals surface area contributed by atoms with E-state index in [4.69, 9.17) is 18.9 Å². The van der Waals surface area contributed by atoms with Gasteiger partial charge in [-0.1, -0.05) is 6.07 Å². The Hall–Kier alpha value is -5.32. The number of aromatic nitrogens is 2. The van der Waals surface area contributed by atoms with E-state index in [1.165, 1.54) is 17.9 Å². The molecule has 1 amide bonds. The Morgan fingerprint density at radius 1 is 0.865 bits per heavy atom. The number of esters is 2. The van der Waals surface area contributed by atoms with Crippen molar-refractivity contribution in [2.24, 2.45) is 0 Å². The first-order valence-corrected chi connectivity index (χ1v) is 15.9. The zero-order valence-corrected chi connectivity index (χ0v) is 28.7. The van der Waals surface area contributed by atoms with Crippen molar-refractivity contribution in [1.82, 2.24) is 14.9 Å². The van der Waals surface area contributed by atoms with E-state index in [1.54, 1.807) is 51.4 Å². The number of rotatable bonds is 15. The molecule has 0 aliphatic carbocycles. The highest BCUT2D eigenvalue weighted by Crippen LogP contribution is 2.32. The van der Waals surface area contributed by atoms with Crippen LogP contribution in [0.1, 0.15) is 56.5 Å². The SMILES string of the molecule is CC(=O)OCOC(=O)c1ccc2c(c1)nc(OCCOCCCCN(Cc1cc(F)c(OC(F)(F)F)c(F)c1)C(=O)OC(C)(C)C)c1ccncc12. The maximum absolute atomic E-state index is 14.3. The number of amides is 1. The number of fused-ring (bicyclic) bond motifs is 3. The monoisotopic (exact) mass is 737 g/mol. The standard InChI is InChI=1S/C35H36F5N3O9/c1-21(44)49-20-50-32(45)23-7-8-24-26-18-41-10-9-25(26)31(42-29(24)17-23)48-14-13-47-12-6-5-11-43(33(46)52-34(2,3)4)19-22-15-27(36)30(28(37)16-22)51-35(38,39)40/h7-10,15-18H,5-6,11-14,19-20H2,1-4H3. The molecule has 0 aliphatic heterocycles. The van der Waals surface area contributed by atoms with E-state index < -0.39 is 54.2 Å². The quantitative estimate of drug-likeness (QED) is 0.0401. The lowest BCUT2D eigenvalue weighted by atomic mass is 10.1. The second kappa shape index (κ2) is 17.3. The highest BCUT2D eigenvalue weighted by atomic mass is 19.4. The zero-order chi connectivity index (χ0) is 38.1. The van der Waals surface area contributed by atoms with Crippen molar-refractivity contribution in [2.75, 3.05) is 33.2 Å². The molecule has 0 radical (unpaired) electrons. The second-order valence-corrected chi connectivity index (χ2v) is 12.3. The minimum Gasteiger partial charge on any atom is -0.475 e. The predicted molar refractivity (Wildman–Crippen MR) is 174 cm³/mol. The summed E-state index contributed by atoms with van der Waals surface area (Å²) in [7, 11) is 0. The fourth-order valence-electron chi connectivity index (χ4n) is 4.81. The first-order valence-electron chi connectivity index (χ1n) is 15.9. The van der Waals surface area contributed by atoms with Crippen LogP contribution in [0.25, 0.3) is 21.7 Å². The summed E-state index contributed by atoms with van der Waals surface area (Å²) in [5.74, 6) is -5.76. The van der Waals surface area contributed by atoms with Crippen molar-refractivity contribution in [3.8, 4) is 11.6 Å². The molecule has 2 aromatic carbocycles. The predicted octanol–water partition coefficient (Wildman–Crippen LogP) is 7.25. The fourth-order valence-corrected chi connectivity index (χ4v) is 4.81. The third-order valence-corrected chi connectivity index (χ3v) is 6.98. The van der Waals surface area contributed by atoms with Gasteiger partial charge in [-0.05, 0) is 69.5 Å². The number of carbonyl (C=O) groups is 3. The van der Waals surface area contributed by atoms with Crippen LogP contribution in [0.4, 0.5) is 26.7 Å². The number of halogens is 5. The largest absolute Gasteiger partial charge is 0.573 e. The van der Waals surface area contributed by atoms with E-state index in [1.807, 2.05) is 0 Å². The molecule has 12 nitrogen and oxygen atoms in total. The minimum absolute atomic E-state index is 0.0825. The van der Waals surface area contributed by atoms with Crippen LogP contribution in [0, 0.1) is 11.6 Å². The van der Waals surface area contributed by atoms with Crippen molar-refractivity contribution < 1.29 is 64.8 Å². The third kappa shape index (κ3) is 11.6. The highest BCUT2D eigenvalue weighted by Gasteiger charge is 2.34. The van der Waals surface area contributed by atoms with Gasteiger partial charge in [0.25, 0.3) is 0 Å². The first-order chi connectivity index (χ1) is 24.5. The van der Waals surface area contributed by atoms with Gasteiger partial charge in [-0.2, -0.15) is 0 Å². The summed E-state index contributed by atoms with van der Waals surface area (Å²) in [5, 5.41) is 2.12. The Labute approximate surface area is 294 Å². The van der Waals surface area contributed by atoms with E-state index in [0.29, 0.717) is 41.3 Å². The number of nitrogens with zero attached hydrogens (tertiary/aromatic N) is 3. The lowest BCUT2D eigenvalue weighted by molar-refractivity contribution is -0.276. The molecule has 2 aromatic heterocycles. The molecule has 0 N–H and O–H groups in total. The molecule has 17 heteroatoms. The molecule has 0 spiro atoms. The van der Waals surface area contributed by atoms with Crippen LogP contribution in [0.15, 0.2) is 48.8 Å². The Balaban J connectivity index is 1.32. The summed E-state index contributed by atoms with van der Waals surface area (Å²) in [6.45, 7) is 5.84. The maximum Gasteiger partial charge on any atom is 0.573 e. The molecule has 0 fully saturated rings. The van der Waals surface area contributed by atoms with Crippen molar-refractivity contribution in [1.29, 1.82) is 0 Å². The van der Waals surface area contributed by atoms with Crippen molar-refractivity contribution in [3.05, 3.63) is 71.6 Å². The molecular formula is C35H36F5N3O9. The topological polar surface area (TPSA) is 136 Å². The fraction of sp³-hybridized carbons (Fsp3) is 0.400. The Morgan fingerprint density at radius 3 is 2.27 bits per heavy atom. The number of unbranched alkanes of at least 4 members (excludes halogenated alkanes) is 1. The van der Waals surface area contributed by atoms with Crippen LogP contribution in [-0.2, 0) is 30.3 Å². The number of carbonyl (C=O) groups excluding carboxylic acids is 3. The van der Waals surface area contributed by atoms with Gasteiger partial charge in [-0.25, -0.2) is 23.4 Å². The van der Waals surface area contributed by atoms with Crippen LogP contribution in [0.2, 0.25) is 0 Å². The number of benzene rings is 2. The number of hydrogen-bond donors (Lipinski definition) is 0. The van der Waals surface area contributed by atoms with Gasteiger partial charge in [-0.3, -0.25) is 9.78 Å². The molecule has 280 valence electrons. The third-order valence-electron chi connectivity index (χ3n) is 6.98. The molecule has 4 aromatic rings.